The van der Waals surface area contributed by atoms with Gasteiger partial charge in [0, 0.05) is 12.7 Å². The molecule has 12 heteroatoms. The lowest BCUT2D eigenvalue weighted by atomic mass is 10.1. The normalized spacial score (nSPS) is 12.2. The maximum atomic E-state index is 12.8. The van der Waals surface area contributed by atoms with Crippen molar-refractivity contribution in [3.05, 3.63) is 65.5 Å². The van der Waals surface area contributed by atoms with Gasteiger partial charge in [0.15, 0.2) is 11.0 Å². The number of nitrogens with zero attached hydrogens (tertiary/aromatic N) is 3. The molecule has 0 saturated carbocycles. The van der Waals surface area contributed by atoms with Crippen LogP contribution >= 0.6 is 11.8 Å². The Morgan fingerprint density at radius 3 is 2.49 bits per heavy atom. The van der Waals surface area contributed by atoms with Crippen LogP contribution in [0.4, 0.5) is 18.9 Å². The van der Waals surface area contributed by atoms with E-state index in [-0.39, 0.29) is 23.8 Å². The minimum atomic E-state index is -4.49. The number of halogens is 3. The lowest BCUT2D eigenvalue weighted by Gasteiger charge is -2.14. The van der Waals surface area contributed by atoms with Crippen LogP contribution in [0, 0.1) is 0 Å². The van der Waals surface area contributed by atoms with Gasteiger partial charge in [0.2, 0.25) is 11.8 Å². The minimum Gasteiger partial charge on any atom is -0.497 e. The van der Waals surface area contributed by atoms with Gasteiger partial charge in [-0.3, -0.25) is 9.59 Å². The Labute approximate surface area is 204 Å². The number of carbonyl (C=O) groups is 2. The van der Waals surface area contributed by atoms with Gasteiger partial charge in [0.05, 0.1) is 30.9 Å². The van der Waals surface area contributed by atoms with Crippen molar-refractivity contribution in [1.29, 1.82) is 0 Å². The molecule has 3 aromatic rings. The Kier molecular flexibility index (Phi) is 8.39. The van der Waals surface area contributed by atoms with Crippen LogP contribution in [0.3, 0.4) is 0 Å². The Hall–Kier alpha value is -3.54. The number of thioether (sulfide) groups is 1. The highest BCUT2D eigenvalue weighted by Crippen LogP contribution is 2.30. The molecule has 1 heterocycles. The molecule has 2 aromatic carbocycles. The van der Waals surface area contributed by atoms with Gasteiger partial charge in [-0.15, -0.1) is 10.2 Å². The van der Waals surface area contributed by atoms with Crippen LogP contribution < -0.4 is 15.4 Å². The zero-order chi connectivity index (χ0) is 25.6. The maximum Gasteiger partial charge on any atom is 0.416 e. The molecular weight excluding hydrogens is 483 g/mol. The van der Waals surface area contributed by atoms with Crippen molar-refractivity contribution in [2.24, 2.45) is 7.05 Å². The average molecular weight is 508 g/mol. The van der Waals surface area contributed by atoms with Crippen LogP contribution in [0.2, 0.25) is 0 Å². The zero-order valence-corrected chi connectivity index (χ0v) is 20.0. The molecular formula is C23H24F3N5O3S. The number of ether oxygens (including phenoxy) is 1. The number of amides is 2. The predicted molar refractivity (Wildman–Crippen MR) is 125 cm³/mol. The summed E-state index contributed by atoms with van der Waals surface area (Å²) in [6.45, 7) is 1.77. The first-order valence-corrected chi connectivity index (χ1v) is 11.5. The number of rotatable bonds is 9. The summed E-state index contributed by atoms with van der Waals surface area (Å²) in [5.74, 6) is 0.435. The fraction of sp³-hybridized carbons (Fsp3) is 0.304. The van der Waals surface area contributed by atoms with E-state index in [2.05, 4.69) is 20.8 Å². The first kappa shape index (κ1) is 26.1. The topological polar surface area (TPSA) is 98.1 Å². The molecule has 0 spiro atoms. The Balaban J connectivity index is 1.53. The number of carbonyl (C=O) groups excluding carboxylic acids is 2. The summed E-state index contributed by atoms with van der Waals surface area (Å²) in [5.41, 5.74) is 0.0395. The van der Waals surface area contributed by atoms with Gasteiger partial charge in [-0.1, -0.05) is 30.0 Å². The summed E-state index contributed by atoms with van der Waals surface area (Å²) in [4.78, 5) is 24.6. The van der Waals surface area contributed by atoms with E-state index in [4.69, 9.17) is 4.74 Å². The molecule has 35 heavy (non-hydrogen) atoms. The number of benzene rings is 2. The molecule has 0 aliphatic heterocycles. The molecule has 2 amide bonds. The van der Waals surface area contributed by atoms with E-state index in [0.717, 1.165) is 29.5 Å². The molecule has 8 nitrogen and oxygen atoms in total. The smallest absolute Gasteiger partial charge is 0.416 e. The molecule has 0 aliphatic carbocycles. The van der Waals surface area contributed by atoms with Crippen molar-refractivity contribution >= 4 is 29.3 Å². The molecule has 0 aliphatic rings. The van der Waals surface area contributed by atoms with Crippen LogP contribution in [-0.4, -0.2) is 39.4 Å². The third-order valence-corrected chi connectivity index (χ3v) is 5.98. The quantitative estimate of drug-likeness (QED) is 0.425. The first-order chi connectivity index (χ1) is 16.6. The number of alkyl halides is 3. The van der Waals surface area contributed by atoms with Crippen molar-refractivity contribution in [3.8, 4) is 5.75 Å². The van der Waals surface area contributed by atoms with E-state index >= 15 is 0 Å². The lowest BCUT2D eigenvalue weighted by molar-refractivity contribution is -0.137. The summed E-state index contributed by atoms with van der Waals surface area (Å²) in [7, 11) is 3.27. The van der Waals surface area contributed by atoms with Crippen LogP contribution in [-0.2, 0) is 29.2 Å². The number of hydrogen-bond donors (Lipinski definition) is 2. The molecule has 0 radical (unpaired) electrons. The number of nitrogens with one attached hydrogen (secondary N) is 2. The first-order valence-electron chi connectivity index (χ1n) is 10.5. The number of methoxy groups -OCH3 is 1. The van der Waals surface area contributed by atoms with Crippen LogP contribution in [0.25, 0.3) is 0 Å². The van der Waals surface area contributed by atoms with Crippen molar-refractivity contribution in [2.45, 2.75) is 30.7 Å². The molecule has 3 rings (SSSR count). The fourth-order valence-corrected chi connectivity index (χ4v) is 3.93. The highest BCUT2D eigenvalue weighted by Gasteiger charge is 2.30. The molecule has 0 saturated heterocycles. The van der Waals surface area contributed by atoms with Gasteiger partial charge in [0.1, 0.15) is 5.75 Å². The van der Waals surface area contributed by atoms with Crippen molar-refractivity contribution in [2.75, 3.05) is 18.2 Å². The minimum absolute atomic E-state index is 0.0530. The van der Waals surface area contributed by atoms with Crippen LogP contribution in [0.1, 0.15) is 29.9 Å². The van der Waals surface area contributed by atoms with Gasteiger partial charge in [-0.2, -0.15) is 13.2 Å². The highest BCUT2D eigenvalue weighted by molar-refractivity contribution is 7.99. The van der Waals surface area contributed by atoms with Crippen LogP contribution in [0.15, 0.2) is 53.7 Å². The number of hydrogen-bond acceptors (Lipinski definition) is 6. The van der Waals surface area contributed by atoms with E-state index in [1.54, 1.807) is 37.8 Å². The SMILES string of the molecule is COc1ccc(CC(=O)NC(C)c2nnc(SCC(=O)Nc3cccc(C(F)(F)F)c3)n2C)cc1. The predicted octanol–water partition coefficient (Wildman–Crippen LogP) is 3.99. The molecule has 186 valence electrons. The third-order valence-electron chi connectivity index (χ3n) is 4.96. The standard InChI is InChI=1S/C23H24F3N5O3S/c1-14(27-19(32)11-15-7-9-18(34-3)10-8-15)21-29-30-22(31(21)2)35-13-20(33)28-17-6-4-5-16(12-17)23(24,25)26/h4-10,12,14H,11,13H2,1-3H3,(H,27,32)(H,28,33). The molecule has 1 unspecified atom stereocenters. The van der Waals surface area contributed by atoms with Crippen molar-refractivity contribution in [1.82, 2.24) is 20.1 Å². The second-order valence-corrected chi connectivity index (χ2v) is 8.57. The molecule has 1 atom stereocenters. The second-order valence-electron chi connectivity index (χ2n) is 7.63. The summed E-state index contributed by atoms with van der Waals surface area (Å²) < 4.78 is 45.3. The number of aromatic nitrogens is 3. The van der Waals surface area contributed by atoms with E-state index in [1.165, 1.54) is 12.1 Å². The molecule has 0 fully saturated rings. The average Bonchev–Trinajstić information content (AvgIpc) is 3.18. The molecule has 1 aromatic heterocycles. The lowest BCUT2D eigenvalue weighted by Crippen LogP contribution is -2.29. The maximum absolute atomic E-state index is 12.8. The van der Waals surface area contributed by atoms with Gasteiger partial charge in [0.25, 0.3) is 0 Å². The van der Waals surface area contributed by atoms with E-state index < -0.39 is 23.7 Å². The Morgan fingerprint density at radius 1 is 1.11 bits per heavy atom. The summed E-state index contributed by atoms with van der Waals surface area (Å²) in [5, 5.41) is 13.9. The monoisotopic (exact) mass is 507 g/mol. The van der Waals surface area contributed by atoms with E-state index in [0.29, 0.717) is 16.7 Å². The largest absolute Gasteiger partial charge is 0.497 e. The highest BCUT2D eigenvalue weighted by atomic mass is 32.2. The second kappa shape index (κ2) is 11.3. The van der Waals surface area contributed by atoms with Crippen molar-refractivity contribution < 1.29 is 27.5 Å². The van der Waals surface area contributed by atoms with E-state index in [1.807, 2.05) is 12.1 Å². The van der Waals surface area contributed by atoms with Crippen molar-refractivity contribution in [3.63, 3.8) is 0 Å². The van der Waals surface area contributed by atoms with E-state index in [9.17, 15) is 22.8 Å². The van der Waals surface area contributed by atoms with Crippen LogP contribution in [0.5, 0.6) is 5.75 Å². The Bertz CT molecular complexity index is 1180. The summed E-state index contributed by atoms with van der Waals surface area (Å²) >= 11 is 1.08. The summed E-state index contributed by atoms with van der Waals surface area (Å²) in [6.07, 6.45) is -4.31. The van der Waals surface area contributed by atoms with Gasteiger partial charge in [-0.25, -0.2) is 0 Å². The van der Waals surface area contributed by atoms with Gasteiger partial charge < -0.3 is 19.9 Å². The molecule has 0 bridgehead atoms. The third kappa shape index (κ3) is 7.22. The van der Waals surface area contributed by atoms with Gasteiger partial charge >= 0.3 is 6.18 Å². The fourth-order valence-electron chi connectivity index (χ4n) is 3.22. The summed E-state index contributed by atoms with van der Waals surface area (Å²) in [6, 6.07) is 11.2. The number of anilines is 1. The van der Waals surface area contributed by atoms with Gasteiger partial charge in [-0.05, 0) is 42.8 Å². The molecule has 2 N–H and O–H groups in total. The Morgan fingerprint density at radius 2 is 1.83 bits per heavy atom. The zero-order valence-electron chi connectivity index (χ0n) is 19.2.